The fourth-order valence-corrected chi connectivity index (χ4v) is 4.44. The summed E-state index contributed by atoms with van der Waals surface area (Å²) in [6.45, 7) is 5.61. The number of carbonyl (C=O) groups is 2. The van der Waals surface area contributed by atoms with Crippen LogP contribution in [0, 0.1) is 0 Å². The third-order valence-electron chi connectivity index (χ3n) is 6.36. The van der Waals surface area contributed by atoms with E-state index in [0.717, 1.165) is 25.7 Å². The molecule has 0 atom stereocenters. The van der Waals surface area contributed by atoms with Gasteiger partial charge in [0.1, 0.15) is 5.82 Å². The highest BCUT2D eigenvalue weighted by Gasteiger charge is 2.41. The fraction of sp³-hybridized carbons (Fsp3) is 0.583. The molecule has 0 saturated carbocycles. The van der Waals surface area contributed by atoms with Crippen molar-refractivity contribution in [1.82, 2.24) is 14.9 Å². The fourth-order valence-electron chi connectivity index (χ4n) is 4.44. The van der Waals surface area contributed by atoms with Crippen molar-refractivity contribution in [1.29, 1.82) is 0 Å². The zero-order valence-corrected chi connectivity index (χ0v) is 19.8. The van der Waals surface area contributed by atoms with Gasteiger partial charge < -0.3 is 19.1 Å². The molecule has 0 unspecified atom stereocenters. The molecule has 1 amide bonds. The van der Waals surface area contributed by atoms with E-state index in [9.17, 15) is 22.8 Å². The first kappa shape index (κ1) is 25.0. The highest BCUT2D eigenvalue weighted by Crippen LogP contribution is 2.35. The molecule has 2 aromatic heterocycles. The Morgan fingerprint density at radius 3 is 2.31 bits per heavy atom. The average molecular weight is 494 g/mol. The maximum absolute atomic E-state index is 13.6. The van der Waals surface area contributed by atoms with E-state index in [2.05, 4.69) is 9.97 Å². The van der Waals surface area contributed by atoms with Crippen molar-refractivity contribution in [3.05, 3.63) is 35.3 Å². The van der Waals surface area contributed by atoms with Crippen LogP contribution in [0.15, 0.2) is 22.7 Å². The van der Waals surface area contributed by atoms with Gasteiger partial charge in [0.05, 0.1) is 0 Å². The van der Waals surface area contributed by atoms with Gasteiger partial charge in [-0.2, -0.15) is 18.2 Å². The largest absolute Gasteiger partial charge is 0.437 e. The summed E-state index contributed by atoms with van der Waals surface area (Å²) < 4.78 is 46.1. The van der Waals surface area contributed by atoms with E-state index in [1.165, 1.54) is 6.20 Å². The van der Waals surface area contributed by atoms with Gasteiger partial charge in [-0.1, -0.05) is 13.0 Å². The Kier molecular flexibility index (Phi) is 7.61. The zero-order chi connectivity index (χ0) is 25.0. The lowest BCUT2D eigenvalue weighted by atomic mass is 10.1. The quantitative estimate of drug-likeness (QED) is 0.540. The molecule has 2 aliphatic heterocycles. The summed E-state index contributed by atoms with van der Waals surface area (Å²) in [6, 6.07) is 3.28. The summed E-state index contributed by atoms with van der Waals surface area (Å²) in [4.78, 5) is 38.4. The van der Waals surface area contributed by atoms with Gasteiger partial charge in [0.2, 0.25) is 17.5 Å². The van der Waals surface area contributed by atoms with Gasteiger partial charge in [-0.05, 0) is 37.3 Å². The molecule has 0 radical (unpaired) electrons. The molecule has 35 heavy (non-hydrogen) atoms. The van der Waals surface area contributed by atoms with Crippen LogP contribution in [0.4, 0.5) is 25.0 Å². The Balaban J connectivity index is 1.41. The average Bonchev–Trinajstić information content (AvgIpc) is 3.32. The van der Waals surface area contributed by atoms with Crippen molar-refractivity contribution in [2.24, 2.45) is 0 Å². The predicted octanol–water partition coefficient (Wildman–Crippen LogP) is 3.95. The summed E-state index contributed by atoms with van der Waals surface area (Å²) >= 11 is 0. The number of Topliss-reactive ketones (excluding diaryl/α,β-unsaturated/α-hetero) is 1. The Bertz CT molecular complexity index is 1020. The second-order valence-electron chi connectivity index (χ2n) is 8.96. The van der Waals surface area contributed by atoms with E-state index in [-0.39, 0.29) is 18.3 Å². The molecule has 0 aromatic carbocycles. The summed E-state index contributed by atoms with van der Waals surface area (Å²) in [5, 5.41) is 0. The van der Waals surface area contributed by atoms with Crippen molar-refractivity contribution in [3.63, 3.8) is 0 Å². The molecular formula is C24H30F3N5O3. The summed E-state index contributed by atoms with van der Waals surface area (Å²) in [5.41, 5.74) is -0.789. The molecule has 2 aliphatic rings. The number of ketones is 1. The minimum atomic E-state index is -4.79. The highest BCUT2D eigenvalue weighted by molar-refractivity contribution is 5.96. The molecule has 0 spiro atoms. The van der Waals surface area contributed by atoms with Crippen LogP contribution in [0.1, 0.15) is 60.8 Å². The van der Waals surface area contributed by atoms with E-state index in [1.54, 1.807) is 17.0 Å². The Morgan fingerprint density at radius 1 is 1.00 bits per heavy atom. The summed E-state index contributed by atoms with van der Waals surface area (Å²) in [7, 11) is 0. The molecule has 4 rings (SSSR count). The lowest BCUT2D eigenvalue weighted by Gasteiger charge is -2.35. The van der Waals surface area contributed by atoms with Crippen LogP contribution in [0.3, 0.4) is 0 Å². The third kappa shape index (κ3) is 5.94. The number of hydrogen-bond acceptors (Lipinski definition) is 7. The molecule has 11 heteroatoms. The normalized spacial score (nSPS) is 17.1. The molecule has 8 nitrogen and oxygen atoms in total. The van der Waals surface area contributed by atoms with Crippen molar-refractivity contribution in [2.45, 2.75) is 51.6 Å². The van der Waals surface area contributed by atoms with E-state index in [0.29, 0.717) is 57.1 Å². The van der Waals surface area contributed by atoms with Gasteiger partial charge >= 0.3 is 6.18 Å². The molecule has 2 aromatic rings. The lowest BCUT2D eigenvalue weighted by molar-refractivity contribution is -0.141. The van der Waals surface area contributed by atoms with Crippen molar-refractivity contribution < 1.29 is 27.2 Å². The number of alkyl halides is 3. The molecule has 0 bridgehead atoms. The Labute approximate surface area is 202 Å². The van der Waals surface area contributed by atoms with Crippen molar-refractivity contribution in [3.8, 4) is 0 Å². The number of rotatable bonds is 7. The number of pyridine rings is 1. The van der Waals surface area contributed by atoms with E-state index < -0.39 is 23.4 Å². The first-order valence-electron chi connectivity index (χ1n) is 12.1. The zero-order valence-electron chi connectivity index (χ0n) is 19.8. The van der Waals surface area contributed by atoms with Crippen LogP contribution in [0.2, 0.25) is 0 Å². The third-order valence-corrected chi connectivity index (χ3v) is 6.36. The van der Waals surface area contributed by atoms with Gasteiger partial charge in [-0.3, -0.25) is 9.59 Å². The van der Waals surface area contributed by atoms with Gasteiger partial charge in [-0.15, -0.1) is 0 Å². The van der Waals surface area contributed by atoms with E-state index in [4.69, 9.17) is 4.42 Å². The van der Waals surface area contributed by atoms with Gasteiger partial charge in [0.15, 0.2) is 5.69 Å². The number of hydrogen-bond donors (Lipinski definition) is 0. The van der Waals surface area contributed by atoms with E-state index in [1.807, 2.05) is 16.7 Å². The number of oxazole rings is 1. The topological polar surface area (TPSA) is 82.8 Å². The molecule has 0 N–H and O–H groups in total. The number of nitrogens with zero attached hydrogens (tertiary/aromatic N) is 5. The Morgan fingerprint density at radius 2 is 1.71 bits per heavy atom. The molecule has 4 heterocycles. The maximum Gasteiger partial charge on any atom is 0.437 e. The van der Waals surface area contributed by atoms with E-state index >= 15 is 0 Å². The van der Waals surface area contributed by atoms with Crippen LogP contribution >= 0.6 is 0 Å². The minimum Gasteiger partial charge on any atom is -0.420 e. The highest BCUT2D eigenvalue weighted by atomic mass is 19.4. The predicted molar refractivity (Wildman–Crippen MR) is 124 cm³/mol. The summed E-state index contributed by atoms with van der Waals surface area (Å²) in [5.74, 6) is -0.685. The number of piperidine rings is 1. The summed E-state index contributed by atoms with van der Waals surface area (Å²) in [6.07, 6.45) is 0.488. The maximum atomic E-state index is 13.6. The molecule has 2 saturated heterocycles. The first-order chi connectivity index (χ1) is 16.8. The van der Waals surface area contributed by atoms with Crippen LogP contribution in [-0.4, -0.2) is 65.8 Å². The second-order valence-corrected chi connectivity index (χ2v) is 8.96. The standard InChI is InChI=1S/C24H30F3N5O3/c1-2-6-20(34)31-13-11-30(12-14-31)19-8-7-17(16-28-19)15-18(33)21-22(24(25,26)27)29-23(35-21)32-9-4-3-5-10-32/h7-8,16H,2-6,9-15H2,1H3. The van der Waals surface area contributed by atoms with Crippen LogP contribution in [0.5, 0.6) is 0 Å². The van der Waals surface area contributed by atoms with Crippen molar-refractivity contribution >= 4 is 23.5 Å². The molecule has 0 aliphatic carbocycles. The number of anilines is 2. The van der Waals surface area contributed by atoms with Gasteiger partial charge in [0, 0.05) is 58.3 Å². The van der Waals surface area contributed by atoms with Crippen LogP contribution in [0.25, 0.3) is 0 Å². The van der Waals surface area contributed by atoms with Crippen LogP contribution in [-0.2, 0) is 17.4 Å². The SMILES string of the molecule is CCCC(=O)N1CCN(c2ccc(CC(=O)c3oc(N4CCCCC4)nc3C(F)(F)F)cn2)CC1. The minimum absolute atomic E-state index is 0.148. The smallest absolute Gasteiger partial charge is 0.420 e. The molecule has 2 fully saturated rings. The number of piperazine rings is 1. The molecular weight excluding hydrogens is 463 g/mol. The Hall–Kier alpha value is -3.11. The number of amides is 1. The molecule has 190 valence electrons. The number of halogens is 3. The number of carbonyl (C=O) groups excluding carboxylic acids is 2. The lowest BCUT2D eigenvalue weighted by Crippen LogP contribution is -2.49. The number of aromatic nitrogens is 2. The van der Waals surface area contributed by atoms with Crippen molar-refractivity contribution in [2.75, 3.05) is 49.1 Å². The van der Waals surface area contributed by atoms with Gasteiger partial charge in [-0.25, -0.2) is 4.98 Å². The monoisotopic (exact) mass is 493 g/mol. The van der Waals surface area contributed by atoms with Crippen LogP contribution < -0.4 is 9.80 Å². The van der Waals surface area contributed by atoms with Gasteiger partial charge in [0.25, 0.3) is 6.01 Å². The first-order valence-corrected chi connectivity index (χ1v) is 12.1. The second kappa shape index (κ2) is 10.7.